The summed E-state index contributed by atoms with van der Waals surface area (Å²) in [5, 5.41) is 0. The van der Waals surface area contributed by atoms with Crippen LogP contribution in [0.15, 0.2) is 40.8 Å². The average molecular weight is 382 g/mol. The average Bonchev–Trinajstić information content (AvgIpc) is 3.13. The van der Waals surface area contributed by atoms with E-state index in [1.165, 1.54) is 50.6 Å². The lowest BCUT2D eigenvalue weighted by Crippen LogP contribution is -2.03. The van der Waals surface area contributed by atoms with Crippen molar-refractivity contribution < 1.29 is 41.7 Å². The molecule has 2 rings (SSSR count). The number of ether oxygens (including phenoxy) is 4. The van der Waals surface area contributed by atoms with E-state index in [1.54, 1.807) is 0 Å². The van der Waals surface area contributed by atoms with Gasteiger partial charge < -0.3 is 23.4 Å². The Kier molecular flexibility index (Phi) is 6.93. The molecule has 1 aromatic carbocycles. The molecule has 0 N–H and O–H groups in total. The Morgan fingerprint density at radius 1 is 1.15 bits per heavy atom. The molecule has 0 aliphatic heterocycles. The monoisotopic (exact) mass is 382 g/mol. The molecule has 0 aliphatic rings. The number of benzene rings is 1. The topological polar surface area (TPSA) is 84.2 Å². The largest absolute Gasteiger partial charge is 0.493 e. The molecule has 0 amide bonds. The highest BCUT2D eigenvalue weighted by Gasteiger charge is 2.12. The molecule has 27 heavy (non-hydrogen) atoms. The van der Waals surface area contributed by atoms with Crippen molar-refractivity contribution >= 4 is 18.0 Å². The third-order valence-electron chi connectivity index (χ3n) is 3.22. The van der Waals surface area contributed by atoms with Gasteiger partial charge in [0.25, 0.3) is 0 Å². The highest BCUT2D eigenvalue weighted by atomic mass is 19.3. The molecular weight excluding hydrogens is 366 g/mol. The maximum absolute atomic E-state index is 12.3. The van der Waals surface area contributed by atoms with E-state index >= 15 is 0 Å². The molecule has 2 aromatic rings. The second kappa shape index (κ2) is 9.37. The number of hydrogen-bond donors (Lipinski definition) is 0. The highest BCUT2D eigenvalue weighted by Crippen LogP contribution is 2.29. The molecule has 0 saturated heterocycles. The van der Waals surface area contributed by atoms with Gasteiger partial charge in [-0.1, -0.05) is 6.07 Å². The van der Waals surface area contributed by atoms with Gasteiger partial charge in [0.1, 0.15) is 12.4 Å². The molecule has 0 atom stereocenters. The lowest BCUT2D eigenvalue weighted by molar-refractivity contribution is -0.139. The van der Waals surface area contributed by atoms with Crippen molar-refractivity contribution in [1.29, 1.82) is 0 Å². The summed E-state index contributed by atoms with van der Waals surface area (Å²) in [6, 6.07) is 7.08. The Hall–Kier alpha value is -3.36. The van der Waals surface area contributed by atoms with Gasteiger partial charge in [-0.05, 0) is 35.9 Å². The van der Waals surface area contributed by atoms with E-state index < -0.39 is 18.6 Å². The van der Waals surface area contributed by atoms with E-state index in [4.69, 9.17) is 13.9 Å². The van der Waals surface area contributed by atoms with Crippen molar-refractivity contribution in [2.75, 3.05) is 14.2 Å². The van der Waals surface area contributed by atoms with E-state index in [1.807, 2.05) is 0 Å². The van der Waals surface area contributed by atoms with Gasteiger partial charge in [0.2, 0.25) is 5.76 Å². The number of hydrogen-bond acceptors (Lipinski definition) is 7. The van der Waals surface area contributed by atoms with Crippen molar-refractivity contribution in [3.05, 3.63) is 53.5 Å². The lowest BCUT2D eigenvalue weighted by atomic mass is 10.2. The summed E-state index contributed by atoms with van der Waals surface area (Å²) >= 11 is 0. The van der Waals surface area contributed by atoms with Crippen LogP contribution < -0.4 is 9.47 Å². The van der Waals surface area contributed by atoms with Crippen molar-refractivity contribution in [3.63, 3.8) is 0 Å². The predicted octanol–water partition coefficient (Wildman–Crippen LogP) is 3.43. The normalized spacial score (nSPS) is 10.9. The van der Waals surface area contributed by atoms with Crippen LogP contribution in [0.1, 0.15) is 21.9 Å². The Balaban J connectivity index is 1.94. The number of furan rings is 1. The summed E-state index contributed by atoms with van der Waals surface area (Å²) in [4.78, 5) is 23.0. The predicted molar refractivity (Wildman–Crippen MR) is 88.5 cm³/mol. The summed E-state index contributed by atoms with van der Waals surface area (Å²) in [6.07, 6.45) is 2.56. The minimum atomic E-state index is -2.98. The second-order valence-corrected chi connectivity index (χ2v) is 4.99. The Bertz CT molecular complexity index is 827. The van der Waals surface area contributed by atoms with Crippen LogP contribution in [0.3, 0.4) is 0 Å². The van der Waals surface area contributed by atoms with E-state index in [2.05, 4.69) is 9.47 Å². The first-order chi connectivity index (χ1) is 12.9. The zero-order chi connectivity index (χ0) is 19.8. The number of methoxy groups -OCH3 is 2. The fourth-order valence-electron chi connectivity index (χ4n) is 2.00. The van der Waals surface area contributed by atoms with Gasteiger partial charge in [0, 0.05) is 6.08 Å². The van der Waals surface area contributed by atoms with Crippen LogP contribution in [-0.2, 0) is 20.9 Å². The zero-order valence-corrected chi connectivity index (χ0v) is 14.4. The second-order valence-electron chi connectivity index (χ2n) is 4.99. The van der Waals surface area contributed by atoms with E-state index in [-0.39, 0.29) is 29.6 Å². The fourth-order valence-corrected chi connectivity index (χ4v) is 2.00. The third kappa shape index (κ3) is 5.84. The molecule has 0 unspecified atom stereocenters. The van der Waals surface area contributed by atoms with Gasteiger partial charge in [-0.15, -0.1) is 0 Å². The van der Waals surface area contributed by atoms with Gasteiger partial charge in [-0.3, -0.25) is 0 Å². The molecule has 0 saturated carbocycles. The summed E-state index contributed by atoms with van der Waals surface area (Å²) in [6.45, 7) is -3.15. The number of rotatable bonds is 8. The first kappa shape index (κ1) is 20.0. The van der Waals surface area contributed by atoms with Gasteiger partial charge >= 0.3 is 18.6 Å². The first-order valence-corrected chi connectivity index (χ1v) is 7.57. The minimum absolute atomic E-state index is 0.00251. The Morgan fingerprint density at radius 2 is 1.93 bits per heavy atom. The lowest BCUT2D eigenvalue weighted by Gasteiger charge is -2.10. The van der Waals surface area contributed by atoms with Crippen LogP contribution in [-0.4, -0.2) is 32.8 Å². The molecular formula is C18H16F2O7. The summed E-state index contributed by atoms with van der Waals surface area (Å²) in [5.41, 5.74) is 0.511. The molecule has 1 heterocycles. The van der Waals surface area contributed by atoms with Crippen molar-refractivity contribution in [2.24, 2.45) is 0 Å². The highest BCUT2D eigenvalue weighted by molar-refractivity contribution is 5.87. The molecule has 0 spiro atoms. The standard InChI is InChI=1S/C18H16F2O7/c1-23-15-9-11(3-6-13(15)27-18(19)20)4-8-16(21)25-10-12-5-7-14(26-12)17(22)24-2/h3-9,18H,10H2,1-2H3. The van der Waals surface area contributed by atoms with E-state index in [0.717, 1.165) is 6.08 Å². The number of alkyl halides is 2. The van der Waals surface area contributed by atoms with Crippen LogP contribution in [0.5, 0.6) is 11.5 Å². The minimum Gasteiger partial charge on any atom is -0.493 e. The van der Waals surface area contributed by atoms with Gasteiger partial charge in [0.05, 0.1) is 14.2 Å². The van der Waals surface area contributed by atoms with Gasteiger partial charge in [0.15, 0.2) is 11.5 Å². The van der Waals surface area contributed by atoms with Crippen molar-refractivity contribution in [3.8, 4) is 11.5 Å². The van der Waals surface area contributed by atoms with Gasteiger partial charge in [-0.25, -0.2) is 9.59 Å². The number of esters is 2. The molecule has 0 radical (unpaired) electrons. The van der Waals surface area contributed by atoms with E-state index in [9.17, 15) is 18.4 Å². The quantitative estimate of drug-likeness (QED) is 0.511. The van der Waals surface area contributed by atoms with Gasteiger partial charge in [-0.2, -0.15) is 8.78 Å². The number of carbonyl (C=O) groups excluding carboxylic acids is 2. The zero-order valence-electron chi connectivity index (χ0n) is 14.4. The fraction of sp³-hybridized carbons (Fsp3) is 0.222. The summed E-state index contributed by atoms with van der Waals surface area (Å²) < 4.78 is 48.5. The summed E-state index contributed by atoms with van der Waals surface area (Å²) in [7, 11) is 2.53. The number of carbonyl (C=O) groups is 2. The molecule has 144 valence electrons. The maximum Gasteiger partial charge on any atom is 0.387 e. The Labute approximate surface area is 153 Å². The van der Waals surface area contributed by atoms with Crippen LogP contribution in [0.4, 0.5) is 8.78 Å². The SMILES string of the molecule is COC(=O)c1ccc(COC(=O)C=Cc2ccc(OC(F)F)c(OC)c2)o1. The molecule has 0 fully saturated rings. The van der Waals surface area contributed by atoms with Crippen LogP contribution >= 0.6 is 0 Å². The van der Waals surface area contributed by atoms with Crippen LogP contribution in [0.2, 0.25) is 0 Å². The van der Waals surface area contributed by atoms with Crippen LogP contribution in [0.25, 0.3) is 6.08 Å². The summed E-state index contributed by atoms with van der Waals surface area (Å²) in [5.74, 6) is -1.06. The molecule has 9 heteroatoms. The third-order valence-corrected chi connectivity index (χ3v) is 3.22. The maximum atomic E-state index is 12.3. The van der Waals surface area contributed by atoms with Crippen molar-refractivity contribution in [2.45, 2.75) is 13.2 Å². The number of halogens is 2. The molecule has 0 bridgehead atoms. The van der Waals surface area contributed by atoms with Crippen LogP contribution in [0, 0.1) is 0 Å². The molecule has 0 aliphatic carbocycles. The van der Waals surface area contributed by atoms with E-state index in [0.29, 0.717) is 5.56 Å². The smallest absolute Gasteiger partial charge is 0.387 e. The molecule has 7 nitrogen and oxygen atoms in total. The first-order valence-electron chi connectivity index (χ1n) is 7.57. The van der Waals surface area contributed by atoms with Crippen molar-refractivity contribution in [1.82, 2.24) is 0 Å². The Morgan fingerprint density at radius 3 is 2.59 bits per heavy atom. The molecule has 1 aromatic heterocycles.